The third-order valence-electron chi connectivity index (χ3n) is 3.91. The number of nitrogens with one attached hydrogen (secondary N) is 2. The first-order chi connectivity index (χ1) is 13.8. The second-order valence-electron chi connectivity index (χ2n) is 6.21. The van der Waals surface area contributed by atoms with Gasteiger partial charge in [-0.2, -0.15) is 0 Å². The second kappa shape index (κ2) is 8.62. The molecule has 0 aliphatic heterocycles. The van der Waals surface area contributed by atoms with E-state index >= 15 is 0 Å². The van der Waals surface area contributed by atoms with Gasteiger partial charge in [0.2, 0.25) is 5.91 Å². The highest BCUT2D eigenvalue weighted by Crippen LogP contribution is 2.32. The number of nitrogens with zero attached hydrogens (tertiary/aromatic N) is 1. The highest BCUT2D eigenvalue weighted by Gasteiger charge is 2.21. The maximum atomic E-state index is 13.1. The van der Waals surface area contributed by atoms with Crippen LogP contribution in [0.15, 0.2) is 52.7 Å². The average Bonchev–Trinajstić information content (AvgIpc) is 3.09. The van der Waals surface area contributed by atoms with Crippen molar-refractivity contribution in [1.82, 2.24) is 4.98 Å². The number of amides is 1. The number of rotatable bonds is 7. The summed E-state index contributed by atoms with van der Waals surface area (Å²) in [6.45, 7) is 5.43. The number of carbonyl (C=O) groups excluding carboxylic acids is 1. The summed E-state index contributed by atoms with van der Waals surface area (Å²) in [6, 6.07) is 11.4. The fourth-order valence-electron chi connectivity index (χ4n) is 2.68. The van der Waals surface area contributed by atoms with Crippen molar-refractivity contribution in [2.45, 2.75) is 25.7 Å². The normalized spacial score (nSPS) is 11.1. The Morgan fingerprint density at radius 1 is 1.14 bits per heavy atom. The third kappa shape index (κ3) is 5.12. The number of hydrogen-bond acceptors (Lipinski definition) is 6. The van der Waals surface area contributed by atoms with Crippen LogP contribution in [0.2, 0.25) is 0 Å². The van der Waals surface area contributed by atoms with Gasteiger partial charge < -0.3 is 10.1 Å². The van der Waals surface area contributed by atoms with E-state index in [-0.39, 0.29) is 16.6 Å². The van der Waals surface area contributed by atoms with Crippen LogP contribution in [0.25, 0.3) is 11.3 Å². The van der Waals surface area contributed by atoms with Gasteiger partial charge in [-0.3, -0.25) is 9.52 Å². The molecule has 3 rings (SSSR count). The zero-order valence-electron chi connectivity index (χ0n) is 16.2. The highest BCUT2D eigenvalue weighted by atomic mass is 32.2. The van der Waals surface area contributed by atoms with Crippen LogP contribution in [0.3, 0.4) is 0 Å². The molecular weight excluding hydrogens is 410 g/mol. The number of hydrogen-bond donors (Lipinski definition) is 2. The first-order valence-corrected chi connectivity index (χ1v) is 11.2. The van der Waals surface area contributed by atoms with E-state index in [0.717, 1.165) is 5.01 Å². The molecule has 1 heterocycles. The van der Waals surface area contributed by atoms with Crippen LogP contribution in [0.1, 0.15) is 18.9 Å². The smallest absolute Gasteiger partial charge is 0.265 e. The van der Waals surface area contributed by atoms with Crippen LogP contribution in [0.5, 0.6) is 5.75 Å². The summed E-state index contributed by atoms with van der Waals surface area (Å²) in [7, 11) is -3.91. The minimum atomic E-state index is -3.91. The van der Waals surface area contributed by atoms with Gasteiger partial charge in [-0.1, -0.05) is 0 Å². The van der Waals surface area contributed by atoms with E-state index in [9.17, 15) is 13.2 Å². The van der Waals surface area contributed by atoms with Gasteiger partial charge in [0.1, 0.15) is 10.6 Å². The van der Waals surface area contributed by atoms with E-state index in [0.29, 0.717) is 29.2 Å². The summed E-state index contributed by atoms with van der Waals surface area (Å²) in [4.78, 5) is 15.6. The molecule has 0 radical (unpaired) electrons. The summed E-state index contributed by atoms with van der Waals surface area (Å²) in [6.07, 6.45) is 0. The topological polar surface area (TPSA) is 97.4 Å². The average molecular weight is 432 g/mol. The summed E-state index contributed by atoms with van der Waals surface area (Å²) >= 11 is 1.50. The van der Waals surface area contributed by atoms with Crippen LogP contribution in [0.4, 0.5) is 11.4 Å². The van der Waals surface area contributed by atoms with Gasteiger partial charge >= 0.3 is 0 Å². The molecule has 0 aliphatic carbocycles. The summed E-state index contributed by atoms with van der Waals surface area (Å²) in [5, 5.41) is 5.42. The van der Waals surface area contributed by atoms with Gasteiger partial charge in [-0.15, -0.1) is 11.3 Å². The molecule has 152 valence electrons. The predicted molar refractivity (Wildman–Crippen MR) is 115 cm³/mol. The van der Waals surface area contributed by atoms with Gasteiger partial charge in [0.05, 0.1) is 17.3 Å². The van der Waals surface area contributed by atoms with Crippen LogP contribution in [-0.4, -0.2) is 25.9 Å². The Kier molecular flexibility index (Phi) is 6.19. The molecule has 7 nitrogen and oxygen atoms in total. The quantitative estimate of drug-likeness (QED) is 0.582. The molecule has 0 bridgehead atoms. The summed E-state index contributed by atoms with van der Waals surface area (Å²) < 4.78 is 34.2. The molecule has 2 aromatic carbocycles. The fraction of sp³-hybridized carbons (Fsp3) is 0.200. The Morgan fingerprint density at radius 2 is 1.83 bits per heavy atom. The Hall–Kier alpha value is -2.91. The Labute approximate surface area is 173 Å². The number of aromatic nitrogens is 1. The number of benzene rings is 2. The first kappa shape index (κ1) is 20.8. The van der Waals surface area contributed by atoms with Gasteiger partial charge in [-0.05, 0) is 56.3 Å². The van der Waals surface area contributed by atoms with Gasteiger partial charge in [-0.25, -0.2) is 13.4 Å². The number of thiazole rings is 1. The highest BCUT2D eigenvalue weighted by molar-refractivity contribution is 7.92. The van der Waals surface area contributed by atoms with Crippen molar-refractivity contribution in [3.63, 3.8) is 0 Å². The van der Waals surface area contributed by atoms with Crippen molar-refractivity contribution >= 4 is 38.6 Å². The Balaban J connectivity index is 1.94. The lowest BCUT2D eigenvalue weighted by atomic mass is 10.2. The second-order valence-corrected chi connectivity index (χ2v) is 8.92. The van der Waals surface area contributed by atoms with Crippen molar-refractivity contribution in [2.24, 2.45) is 0 Å². The van der Waals surface area contributed by atoms with Crippen molar-refractivity contribution in [3.8, 4) is 17.0 Å². The summed E-state index contributed by atoms with van der Waals surface area (Å²) in [5.74, 6) is 0.0688. The largest absolute Gasteiger partial charge is 0.492 e. The molecule has 0 fully saturated rings. The fourth-order valence-corrected chi connectivity index (χ4v) is 4.54. The van der Waals surface area contributed by atoms with Crippen LogP contribution in [0, 0.1) is 6.92 Å². The molecule has 3 aromatic rings. The first-order valence-electron chi connectivity index (χ1n) is 8.88. The summed E-state index contributed by atoms with van der Waals surface area (Å²) in [5.41, 5.74) is 2.36. The Morgan fingerprint density at radius 3 is 2.41 bits per heavy atom. The molecule has 0 atom stereocenters. The van der Waals surface area contributed by atoms with E-state index in [1.807, 2.05) is 12.3 Å². The lowest BCUT2D eigenvalue weighted by Gasteiger charge is -2.14. The van der Waals surface area contributed by atoms with E-state index in [4.69, 9.17) is 4.74 Å². The monoisotopic (exact) mass is 431 g/mol. The van der Waals surface area contributed by atoms with E-state index < -0.39 is 10.0 Å². The van der Waals surface area contributed by atoms with Crippen molar-refractivity contribution in [3.05, 3.63) is 52.9 Å². The van der Waals surface area contributed by atoms with Crippen molar-refractivity contribution in [2.75, 3.05) is 16.6 Å². The van der Waals surface area contributed by atoms with Crippen LogP contribution >= 0.6 is 11.3 Å². The standard InChI is InChI=1S/C20H21N3O4S2/c1-4-27-19-10-5-15(18-12-28-14(3)22-18)11-20(19)29(25,26)23-17-8-6-16(7-9-17)21-13(2)24/h5-12,23H,4H2,1-3H3,(H,21,24). The lowest BCUT2D eigenvalue weighted by Crippen LogP contribution is -2.15. The molecular formula is C20H21N3O4S2. The molecule has 29 heavy (non-hydrogen) atoms. The minimum absolute atomic E-state index is 0.0356. The number of sulfonamides is 1. The van der Waals surface area contributed by atoms with Gasteiger partial charge in [0.15, 0.2) is 0 Å². The number of anilines is 2. The predicted octanol–water partition coefficient (Wildman–Crippen LogP) is 4.28. The Bertz CT molecular complexity index is 1120. The maximum Gasteiger partial charge on any atom is 0.265 e. The van der Waals surface area contributed by atoms with Crippen molar-refractivity contribution in [1.29, 1.82) is 0 Å². The number of carbonyl (C=O) groups is 1. The van der Waals surface area contributed by atoms with Crippen LogP contribution in [-0.2, 0) is 14.8 Å². The lowest BCUT2D eigenvalue weighted by molar-refractivity contribution is -0.114. The molecule has 0 saturated carbocycles. The van der Waals surface area contributed by atoms with Gasteiger partial charge in [0.25, 0.3) is 10.0 Å². The van der Waals surface area contributed by atoms with Crippen LogP contribution < -0.4 is 14.8 Å². The van der Waals surface area contributed by atoms with Crippen molar-refractivity contribution < 1.29 is 17.9 Å². The third-order valence-corrected chi connectivity index (χ3v) is 6.08. The maximum absolute atomic E-state index is 13.1. The SMILES string of the molecule is CCOc1ccc(-c2csc(C)n2)cc1S(=O)(=O)Nc1ccc(NC(C)=O)cc1. The molecule has 2 N–H and O–H groups in total. The van der Waals surface area contributed by atoms with E-state index in [1.54, 1.807) is 49.4 Å². The number of aryl methyl sites for hydroxylation is 1. The minimum Gasteiger partial charge on any atom is -0.492 e. The molecule has 0 spiro atoms. The zero-order valence-corrected chi connectivity index (χ0v) is 17.9. The van der Waals surface area contributed by atoms with E-state index in [1.165, 1.54) is 18.3 Å². The molecule has 1 aromatic heterocycles. The van der Waals surface area contributed by atoms with Gasteiger partial charge in [0, 0.05) is 29.2 Å². The molecule has 0 unspecified atom stereocenters. The molecule has 1 amide bonds. The molecule has 9 heteroatoms. The molecule has 0 aliphatic rings. The molecule has 0 saturated heterocycles. The zero-order chi connectivity index (χ0) is 21.0. The van der Waals surface area contributed by atoms with E-state index in [2.05, 4.69) is 15.0 Å². The number of ether oxygens (including phenoxy) is 1.